The van der Waals surface area contributed by atoms with Crippen LogP contribution in [0.3, 0.4) is 0 Å². The molecule has 100 valence electrons. The van der Waals surface area contributed by atoms with Gasteiger partial charge >= 0.3 is 0 Å². The zero-order valence-electron chi connectivity index (χ0n) is 11.6. The fourth-order valence-electron chi connectivity index (χ4n) is 1.43. The third-order valence-electron chi connectivity index (χ3n) is 2.60. The molecule has 1 aromatic heterocycles. The van der Waals surface area contributed by atoms with Gasteiger partial charge in [0.25, 0.3) is 0 Å². The molecule has 5 heteroatoms. The number of carbonyl (C=O) groups excluding carboxylic acids is 1. The van der Waals surface area contributed by atoms with Crippen molar-refractivity contribution in [2.75, 3.05) is 30.4 Å². The Morgan fingerprint density at radius 3 is 2.78 bits per heavy atom. The summed E-state index contributed by atoms with van der Waals surface area (Å²) < 4.78 is 0. The third kappa shape index (κ3) is 5.12. The van der Waals surface area contributed by atoms with E-state index in [1.54, 1.807) is 6.92 Å². The van der Waals surface area contributed by atoms with Gasteiger partial charge in [-0.2, -0.15) is 0 Å². The van der Waals surface area contributed by atoms with Crippen molar-refractivity contribution >= 4 is 17.4 Å². The molecule has 0 aliphatic carbocycles. The lowest BCUT2D eigenvalue weighted by Gasteiger charge is -2.19. The minimum Gasteiger partial charge on any atom is -0.363 e. The fraction of sp³-hybridized carbons (Fsp3) is 0.615. The summed E-state index contributed by atoms with van der Waals surface area (Å²) in [7, 11) is 2.01. The fourth-order valence-corrected chi connectivity index (χ4v) is 1.43. The minimum absolute atomic E-state index is 0.0864. The predicted molar refractivity (Wildman–Crippen MR) is 73.9 cm³/mol. The molecular formula is C13H22N4O. The van der Waals surface area contributed by atoms with Gasteiger partial charge in [0.15, 0.2) is 0 Å². The minimum atomic E-state index is 0.0864. The van der Waals surface area contributed by atoms with Gasteiger partial charge in [-0.1, -0.05) is 13.8 Å². The van der Waals surface area contributed by atoms with Crippen LogP contribution in [-0.2, 0) is 4.79 Å². The van der Waals surface area contributed by atoms with E-state index in [-0.39, 0.29) is 5.78 Å². The highest BCUT2D eigenvalue weighted by Gasteiger charge is 2.05. The van der Waals surface area contributed by atoms with Crippen LogP contribution < -0.4 is 10.2 Å². The first-order chi connectivity index (χ1) is 8.49. The first-order valence-electron chi connectivity index (χ1n) is 6.25. The number of nitrogens with one attached hydrogen (secondary N) is 1. The van der Waals surface area contributed by atoms with Gasteiger partial charge in [0, 0.05) is 19.7 Å². The van der Waals surface area contributed by atoms with E-state index >= 15 is 0 Å². The molecule has 0 saturated carbocycles. The van der Waals surface area contributed by atoms with E-state index in [4.69, 9.17) is 0 Å². The Morgan fingerprint density at radius 1 is 1.44 bits per heavy atom. The van der Waals surface area contributed by atoms with Crippen LogP contribution in [-0.4, -0.2) is 35.9 Å². The van der Waals surface area contributed by atoms with Crippen molar-refractivity contribution < 1.29 is 4.79 Å². The van der Waals surface area contributed by atoms with Crippen molar-refractivity contribution in [3.05, 3.63) is 12.4 Å². The smallest absolute Gasteiger partial charge is 0.148 e. The Hall–Kier alpha value is -1.65. The van der Waals surface area contributed by atoms with Crippen molar-refractivity contribution in [2.24, 2.45) is 5.92 Å². The molecule has 18 heavy (non-hydrogen) atoms. The molecule has 0 radical (unpaired) electrons. The Bertz CT molecular complexity index is 392. The number of hydrogen-bond acceptors (Lipinski definition) is 5. The molecule has 0 bridgehead atoms. The van der Waals surface area contributed by atoms with E-state index < -0.39 is 0 Å². The molecule has 1 rings (SSSR count). The number of rotatable bonds is 7. The lowest BCUT2D eigenvalue weighted by Crippen LogP contribution is -2.21. The van der Waals surface area contributed by atoms with Gasteiger partial charge in [0.2, 0.25) is 0 Å². The van der Waals surface area contributed by atoms with Crippen LogP contribution >= 0.6 is 0 Å². The lowest BCUT2D eigenvalue weighted by atomic mass is 10.1. The summed E-state index contributed by atoms with van der Waals surface area (Å²) in [6.45, 7) is 7.21. The monoisotopic (exact) mass is 250 g/mol. The van der Waals surface area contributed by atoms with Crippen LogP contribution in [0.5, 0.6) is 0 Å². The lowest BCUT2D eigenvalue weighted by molar-refractivity contribution is -0.115. The summed E-state index contributed by atoms with van der Waals surface area (Å²) in [6.07, 6.45) is 2.64. The van der Waals surface area contributed by atoms with Crippen LogP contribution in [0.4, 0.5) is 11.6 Å². The summed E-state index contributed by atoms with van der Waals surface area (Å²) in [4.78, 5) is 21.3. The zero-order chi connectivity index (χ0) is 13.5. The first-order valence-corrected chi connectivity index (χ1v) is 6.25. The molecule has 1 aromatic rings. The van der Waals surface area contributed by atoms with Crippen LogP contribution in [0.15, 0.2) is 12.4 Å². The van der Waals surface area contributed by atoms with Crippen molar-refractivity contribution in [3.8, 4) is 0 Å². The molecule has 1 N–H and O–H groups in total. The van der Waals surface area contributed by atoms with Gasteiger partial charge in [0.1, 0.15) is 23.7 Å². The highest BCUT2D eigenvalue weighted by Crippen LogP contribution is 2.13. The number of carbonyl (C=O) groups is 1. The van der Waals surface area contributed by atoms with Gasteiger partial charge in [-0.05, 0) is 19.3 Å². The summed E-state index contributed by atoms with van der Waals surface area (Å²) >= 11 is 0. The molecule has 0 aliphatic heterocycles. The molecule has 0 aliphatic rings. The SMILES string of the molecule is CC(=O)CNc1cc(N(C)CCC(C)C)ncn1. The van der Waals surface area contributed by atoms with Crippen LogP contribution in [0.1, 0.15) is 27.2 Å². The number of hydrogen-bond donors (Lipinski definition) is 1. The Kier molecular flexibility index (Phi) is 5.55. The van der Waals surface area contributed by atoms with Crippen molar-refractivity contribution in [3.63, 3.8) is 0 Å². The molecule has 0 amide bonds. The summed E-state index contributed by atoms with van der Waals surface area (Å²) in [5.74, 6) is 2.32. The molecule has 0 saturated heterocycles. The van der Waals surface area contributed by atoms with Crippen LogP contribution in [0.25, 0.3) is 0 Å². The van der Waals surface area contributed by atoms with Crippen molar-refractivity contribution in [1.82, 2.24) is 9.97 Å². The quantitative estimate of drug-likeness (QED) is 0.801. The van der Waals surface area contributed by atoms with Gasteiger partial charge in [0.05, 0.1) is 6.54 Å². The van der Waals surface area contributed by atoms with E-state index in [0.29, 0.717) is 18.3 Å². The maximum Gasteiger partial charge on any atom is 0.148 e. The van der Waals surface area contributed by atoms with Gasteiger partial charge in [-0.3, -0.25) is 4.79 Å². The number of aromatic nitrogens is 2. The summed E-state index contributed by atoms with van der Waals surface area (Å²) in [5.41, 5.74) is 0. The largest absolute Gasteiger partial charge is 0.363 e. The highest BCUT2D eigenvalue weighted by atomic mass is 16.1. The Balaban J connectivity index is 2.60. The van der Waals surface area contributed by atoms with E-state index in [2.05, 4.69) is 34.0 Å². The van der Waals surface area contributed by atoms with Crippen LogP contribution in [0, 0.1) is 5.92 Å². The average Bonchev–Trinajstić information content (AvgIpc) is 2.33. The molecule has 0 unspecified atom stereocenters. The molecule has 5 nitrogen and oxygen atoms in total. The maximum absolute atomic E-state index is 10.9. The third-order valence-corrected chi connectivity index (χ3v) is 2.60. The number of anilines is 2. The second kappa shape index (κ2) is 6.93. The predicted octanol–water partition coefficient (Wildman–Crippen LogP) is 1.96. The normalized spacial score (nSPS) is 10.5. The van der Waals surface area contributed by atoms with Gasteiger partial charge in [-0.15, -0.1) is 0 Å². The molecule has 1 heterocycles. The molecule has 0 spiro atoms. The summed E-state index contributed by atoms with van der Waals surface area (Å²) in [5, 5.41) is 2.98. The Morgan fingerprint density at radius 2 is 2.17 bits per heavy atom. The standard InChI is InChI=1S/C13H22N4O/c1-10(2)5-6-17(4)13-7-12(15-9-16-13)14-8-11(3)18/h7,9-10H,5-6,8H2,1-4H3,(H,14,15,16). The number of Topliss-reactive ketones (excluding diaryl/α,β-unsaturated/α-hetero) is 1. The first kappa shape index (κ1) is 14.4. The van der Waals surface area contributed by atoms with Gasteiger partial charge < -0.3 is 10.2 Å². The van der Waals surface area contributed by atoms with E-state index in [1.165, 1.54) is 6.33 Å². The maximum atomic E-state index is 10.9. The number of nitrogens with zero attached hydrogens (tertiary/aromatic N) is 3. The van der Waals surface area contributed by atoms with Crippen molar-refractivity contribution in [1.29, 1.82) is 0 Å². The average molecular weight is 250 g/mol. The van der Waals surface area contributed by atoms with Gasteiger partial charge in [-0.25, -0.2) is 9.97 Å². The highest BCUT2D eigenvalue weighted by molar-refractivity contribution is 5.80. The number of ketones is 1. The van der Waals surface area contributed by atoms with E-state index in [0.717, 1.165) is 18.8 Å². The van der Waals surface area contributed by atoms with E-state index in [1.807, 2.05) is 13.1 Å². The summed E-state index contributed by atoms with van der Waals surface area (Å²) in [6, 6.07) is 1.86. The molecule has 0 aromatic carbocycles. The second-order valence-corrected chi connectivity index (χ2v) is 4.92. The Labute approximate surface area is 109 Å². The van der Waals surface area contributed by atoms with E-state index in [9.17, 15) is 4.79 Å². The van der Waals surface area contributed by atoms with Crippen LogP contribution in [0.2, 0.25) is 0 Å². The second-order valence-electron chi connectivity index (χ2n) is 4.92. The molecule has 0 fully saturated rings. The topological polar surface area (TPSA) is 58.1 Å². The zero-order valence-corrected chi connectivity index (χ0v) is 11.6. The molecular weight excluding hydrogens is 228 g/mol. The van der Waals surface area contributed by atoms with Crippen molar-refractivity contribution in [2.45, 2.75) is 27.2 Å². The molecule has 0 atom stereocenters.